The van der Waals surface area contributed by atoms with E-state index < -0.39 is 5.97 Å². The molecule has 118 valence electrons. The molecule has 0 aliphatic heterocycles. The molecule has 0 spiro atoms. The number of aliphatic carboxylic acids is 1. The standard InChI is InChI=1S/C14H17ClN4O3/c15-11-5-7-12(8-6-11)22-10-13-16-17-18-19(13)9-3-1-2-4-14(20)21/h5-8H,1-4,9-10H2,(H,20,21). The Balaban J connectivity index is 1.77. The third kappa shape index (κ3) is 5.33. The summed E-state index contributed by atoms with van der Waals surface area (Å²) >= 11 is 5.81. The van der Waals surface area contributed by atoms with Crippen LogP contribution in [0.25, 0.3) is 0 Å². The second-order valence-corrected chi connectivity index (χ2v) is 5.20. The van der Waals surface area contributed by atoms with Crippen molar-refractivity contribution < 1.29 is 14.6 Å². The Labute approximate surface area is 132 Å². The van der Waals surface area contributed by atoms with Crippen LogP contribution in [0.4, 0.5) is 0 Å². The van der Waals surface area contributed by atoms with Gasteiger partial charge in [-0.05, 0) is 47.5 Å². The molecule has 0 saturated carbocycles. The summed E-state index contributed by atoms with van der Waals surface area (Å²) < 4.78 is 7.28. The zero-order valence-corrected chi connectivity index (χ0v) is 12.7. The van der Waals surface area contributed by atoms with Crippen molar-refractivity contribution in [2.45, 2.75) is 38.8 Å². The number of halogens is 1. The van der Waals surface area contributed by atoms with E-state index >= 15 is 0 Å². The third-order valence-electron chi connectivity index (χ3n) is 3.05. The second kappa shape index (κ2) is 8.33. The number of carboxylic acids is 1. The highest BCUT2D eigenvalue weighted by atomic mass is 35.5. The highest BCUT2D eigenvalue weighted by Gasteiger charge is 2.07. The van der Waals surface area contributed by atoms with Gasteiger partial charge in [-0.3, -0.25) is 4.79 Å². The van der Waals surface area contributed by atoms with E-state index in [0.29, 0.717) is 29.6 Å². The van der Waals surface area contributed by atoms with Gasteiger partial charge in [-0.1, -0.05) is 18.0 Å². The first kappa shape index (κ1) is 16.2. The van der Waals surface area contributed by atoms with Gasteiger partial charge in [0, 0.05) is 18.0 Å². The summed E-state index contributed by atoms with van der Waals surface area (Å²) in [5, 5.41) is 20.7. The average Bonchev–Trinajstić information content (AvgIpc) is 2.93. The highest BCUT2D eigenvalue weighted by Crippen LogP contribution is 2.16. The SMILES string of the molecule is O=C(O)CCCCCn1nnnc1COc1ccc(Cl)cc1. The molecule has 0 saturated heterocycles. The maximum Gasteiger partial charge on any atom is 0.303 e. The van der Waals surface area contributed by atoms with Crippen LogP contribution in [0.2, 0.25) is 5.02 Å². The van der Waals surface area contributed by atoms with Crippen molar-refractivity contribution in [3.63, 3.8) is 0 Å². The summed E-state index contributed by atoms with van der Waals surface area (Å²) in [5.41, 5.74) is 0. The van der Waals surface area contributed by atoms with Crippen molar-refractivity contribution in [3.05, 3.63) is 35.1 Å². The van der Waals surface area contributed by atoms with E-state index in [4.69, 9.17) is 21.4 Å². The lowest BCUT2D eigenvalue weighted by Crippen LogP contribution is -2.09. The number of hydrogen-bond acceptors (Lipinski definition) is 5. The number of unbranched alkanes of at least 4 members (excludes halogenated alkanes) is 2. The maximum absolute atomic E-state index is 10.4. The zero-order valence-electron chi connectivity index (χ0n) is 12.0. The van der Waals surface area contributed by atoms with Crippen LogP contribution in [-0.2, 0) is 17.9 Å². The number of aromatic nitrogens is 4. The minimum absolute atomic E-state index is 0.197. The molecule has 22 heavy (non-hydrogen) atoms. The molecule has 7 nitrogen and oxygen atoms in total. The third-order valence-corrected chi connectivity index (χ3v) is 3.30. The van der Waals surface area contributed by atoms with Crippen molar-refractivity contribution in [2.24, 2.45) is 0 Å². The monoisotopic (exact) mass is 324 g/mol. The number of rotatable bonds is 9. The summed E-state index contributed by atoms with van der Waals surface area (Å²) in [6, 6.07) is 7.06. The number of hydrogen-bond donors (Lipinski definition) is 1. The van der Waals surface area contributed by atoms with Crippen molar-refractivity contribution in [3.8, 4) is 5.75 Å². The molecule has 0 amide bonds. The molecule has 0 aliphatic carbocycles. The molecule has 1 aromatic carbocycles. The van der Waals surface area contributed by atoms with Crippen LogP contribution in [0.1, 0.15) is 31.5 Å². The van der Waals surface area contributed by atoms with Gasteiger partial charge in [-0.2, -0.15) is 0 Å². The van der Waals surface area contributed by atoms with Crippen LogP contribution in [0.3, 0.4) is 0 Å². The number of tetrazole rings is 1. The molecular formula is C14H17ClN4O3. The van der Waals surface area contributed by atoms with E-state index in [2.05, 4.69) is 15.5 Å². The summed E-state index contributed by atoms with van der Waals surface area (Å²) in [4.78, 5) is 10.4. The lowest BCUT2D eigenvalue weighted by Gasteiger charge is -2.07. The summed E-state index contributed by atoms with van der Waals surface area (Å²) in [5.74, 6) is 0.563. The maximum atomic E-state index is 10.4. The fourth-order valence-corrected chi connectivity index (χ4v) is 2.02. The van der Waals surface area contributed by atoms with E-state index in [9.17, 15) is 4.79 Å². The van der Waals surface area contributed by atoms with E-state index in [1.807, 2.05) is 0 Å². The molecule has 0 unspecified atom stereocenters. The Morgan fingerprint density at radius 3 is 2.73 bits per heavy atom. The predicted molar refractivity (Wildman–Crippen MR) is 79.7 cm³/mol. The fourth-order valence-electron chi connectivity index (χ4n) is 1.89. The largest absolute Gasteiger partial charge is 0.486 e. The molecule has 0 bridgehead atoms. The zero-order chi connectivity index (χ0) is 15.8. The summed E-state index contributed by atoms with van der Waals surface area (Å²) in [6.07, 6.45) is 2.51. The molecular weight excluding hydrogens is 308 g/mol. The highest BCUT2D eigenvalue weighted by molar-refractivity contribution is 6.30. The molecule has 1 N–H and O–H groups in total. The first-order valence-corrected chi connectivity index (χ1v) is 7.38. The van der Waals surface area contributed by atoms with Gasteiger partial charge < -0.3 is 9.84 Å². The van der Waals surface area contributed by atoms with Crippen molar-refractivity contribution in [2.75, 3.05) is 0 Å². The topological polar surface area (TPSA) is 90.1 Å². The first-order valence-electron chi connectivity index (χ1n) is 7.00. The van der Waals surface area contributed by atoms with Gasteiger partial charge in [-0.25, -0.2) is 4.68 Å². The van der Waals surface area contributed by atoms with Crippen LogP contribution in [0.5, 0.6) is 5.75 Å². The molecule has 1 heterocycles. The van der Waals surface area contributed by atoms with Gasteiger partial charge in [0.2, 0.25) is 0 Å². The Hall–Kier alpha value is -2.15. The van der Waals surface area contributed by atoms with Gasteiger partial charge >= 0.3 is 5.97 Å². The predicted octanol–water partition coefficient (Wildman–Crippen LogP) is 2.55. The number of carboxylic acid groups (broad SMARTS) is 1. The first-order chi connectivity index (χ1) is 10.6. The average molecular weight is 325 g/mol. The Morgan fingerprint density at radius 1 is 1.23 bits per heavy atom. The molecule has 1 aromatic heterocycles. The van der Waals surface area contributed by atoms with E-state index in [-0.39, 0.29) is 13.0 Å². The van der Waals surface area contributed by atoms with Crippen LogP contribution in [0.15, 0.2) is 24.3 Å². The second-order valence-electron chi connectivity index (χ2n) is 4.77. The summed E-state index contributed by atoms with van der Waals surface area (Å²) in [7, 11) is 0. The molecule has 2 rings (SSSR count). The molecule has 0 aliphatic rings. The molecule has 0 fully saturated rings. The Bertz CT molecular complexity index is 600. The fraction of sp³-hybridized carbons (Fsp3) is 0.429. The van der Waals surface area contributed by atoms with Crippen LogP contribution in [0, 0.1) is 0 Å². The molecule has 0 atom stereocenters. The lowest BCUT2D eigenvalue weighted by molar-refractivity contribution is -0.137. The van der Waals surface area contributed by atoms with Crippen LogP contribution in [-0.4, -0.2) is 31.3 Å². The smallest absolute Gasteiger partial charge is 0.303 e. The minimum atomic E-state index is -0.764. The number of benzene rings is 1. The number of carbonyl (C=O) groups is 1. The van der Waals surface area contributed by atoms with E-state index in [1.165, 1.54) is 0 Å². The number of nitrogens with zero attached hydrogens (tertiary/aromatic N) is 4. The lowest BCUT2D eigenvalue weighted by atomic mass is 10.2. The van der Waals surface area contributed by atoms with E-state index in [1.54, 1.807) is 28.9 Å². The van der Waals surface area contributed by atoms with Crippen molar-refractivity contribution in [1.82, 2.24) is 20.2 Å². The Kier molecular flexibility index (Phi) is 6.14. The number of ether oxygens (including phenoxy) is 1. The number of aryl methyl sites for hydroxylation is 1. The van der Waals surface area contributed by atoms with Gasteiger partial charge in [-0.15, -0.1) is 5.10 Å². The van der Waals surface area contributed by atoms with Gasteiger partial charge in [0.1, 0.15) is 12.4 Å². The quantitative estimate of drug-likeness (QED) is 0.713. The Morgan fingerprint density at radius 2 is 2.00 bits per heavy atom. The molecule has 0 radical (unpaired) electrons. The van der Waals surface area contributed by atoms with Crippen LogP contribution >= 0.6 is 11.6 Å². The van der Waals surface area contributed by atoms with Crippen LogP contribution < -0.4 is 4.74 Å². The van der Waals surface area contributed by atoms with Gasteiger partial charge in [0.05, 0.1) is 0 Å². The summed E-state index contributed by atoms with van der Waals surface area (Å²) in [6.45, 7) is 0.912. The van der Waals surface area contributed by atoms with E-state index in [0.717, 1.165) is 12.8 Å². The molecule has 2 aromatic rings. The van der Waals surface area contributed by atoms with Crippen molar-refractivity contribution in [1.29, 1.82) is 0 Å². The normalized spacial score (nSPS) is 10.6. The van der Waals surface area contributed by atoms with Gasteiger partial charge in [0.15, 0.2) is 5.82 Å². The van der Waals surface area contributed by atoms with Crippen molar-refractivity contribution >= 4 is 17.6 Å². The minimum Gasteiger partial charge on any atom is -0.486 e. The molecule has 8 heteroatoms. The van der Waals surface area contributed by atoms with Gasteiger partial charge in [0.25, 0.3) is 0 Å².